The highest BCUT2D eigenvalue weighted by Crippen LogP contribution is 2.28. The molecule has 0 amide bonds. The first-order chi connectivity index (χ1) is 16.4. The van der Waals surface area contributed by atoms with Gasteiger partial charge in [0, 0.05) is 10.7 Å². The Kier molecular flexibility index (Phi) is 6.01. The Bertz CT molecular complexity index is 1540. The Hall–Kier alpha value is -3.37. The molecular weight excluding hydrogens is 482 g/mol. The molecule has 0 fully saturated rings. The number of benzene rings is 2. The summed E-state index contributed by atoms with van der Waals surface area (Å²) in [5.41, 5.74) is 2.18. The third-order valence-corrected chi connectivity index (χ3v) is 6.73. The Labute approximate surface area is 201 Å². The van der Waals surface area contributed by atoms with Gasteiger partial charge < -0.3 is 9.88 Å². The van der Waals surface area contributed by atoms with E-state index in [-0.39, 0.29) is 17.1 Å². The van der Waals surface area contributed by atoms with Crippen molar-refractivity contribution >= 4 is 56.0 Å². The zero-order valence-corrected chi connectivity index (χ0v) is 19.6. The maximum atomic E-state index is 13.1. The van der Waals surface area contributed by atoms with Gasteiger partial charge in [0.15, 0.2) is 11.2 Å². The number of aryl methyl sites for hydroxylation is 1. The summed E-state index contributed by atoms with van der Waals surface area (Å²) in [5.74, 6) is 0.259. The van der Waals surface area contributed by atoms with Crippen LogP contribution in [0.15, 0.2) is 53.6 Å². The van der Waals surface area contributed by atoms with Gasteiger partial charge in [0.25, 0.3) is 6.43 Å². The van der Waals surface area contributed by atoms with Gasteiger partial charge in [-0.25, -0.2) is 18.7 Å². The highest BCUT2D eigenvalue weighted by Gasteiger charge is 2.19. The first kappa shape index (κ1) is 22.4. The van der Waals surface area contributed by atoms with Crippen LogP contribution in [0, 0.1) is 0 Å². The van der Waals surface area contributed by atoms with Crippen molar-refractivity contribution in [2.24, 2.45) is 0 Å². The number of anilines is 2. The maximum absolute atomic E-state index is 13.1. The van der Waals surface area contributed by atoms with E-state index in [0.29, 0.717) is 11.6 Å². The third-order valence-electron chi connectivity index (χ3n) is 5.32. The number of nitrogens with one attached hydrogen (secondary N) is 1. The molecule has 0 radical (unpaired) electrons. The average Bonchev–Trinajstić information content (AvgIpc) is 3.41. The topological polar surface area (TPSA) is 77.6 Å². The van der Waals surface area contributed by atoms with Gasteiger partial charge in [-0.15, -0.1) is 11.3 Å². The molecular formula is C23H19ClF2N6OS. The lowest BCUT2D eigenvalue weighted by Crippen LogP contribution is -2.21. The van der Waals surface area contributed by atoms with E-state index in [9.17, 15) is 13.6 Å². The molecule has 0 aliphatic carbocycles. The summed E-state index contributed by atoms with van der Waals surface area (Å²) in [6.45, 7) is 1.72. The van der Waals surface area contributed by atoms with Crippen molar-refractivity contribution in [1.29, 1.82) is 0 Å². The molecule has 0 saturated carbocycles. The number of halogens is 3. The quantitative estimate of drug-likeness (QED) is 0.320. The normalized spacial score (nSPS) is 11.7. The summed E-state index contributed by atoms with van der Waals surface area (Å²) >= 11 is 7.62. The summed E-state index contributed by atoms with van der Waals surface area (Å²) in [5, 5.41) is 4.85. The summed E-state index contributed by atoms with van der Waals surface area (Å²) in [6.07, 6.45) is -0.529. The minimum absolute atomic E-state index is 0.0327. The van der Waals surface area contributed by atoms with Crippen LogP contribution < -0.4 is 10.9 Å². The lowest BCUT2D eigenvalue weighted by molar-refractivity contribution is 0.128. The van der Waals surface area contributed by atoms with Gasteiger partial charge in [-0.1, -0.05) is 30.7 Å². The Morgan fingerprint density at radius 1 is 1.15 bits per heavy atom. The van der Waals surface area contributed by atoms with Gasteiger partial charge >= 0.3 is 5.56 Å². The van der Waals surface area contributed by atoms with Crippen molar-refractivity contribution in [2.45, 2.75) is 32.9 Å². The van der Waals surface area contributed by atoms with Crippen molar-refractivity contribution in [2.75, 3.05) is 5.32 Å². The lowest BCUT2D eigenvalue weighted by atomic mass is 10.2. The molecule has 0 spiro atoms. The van der Waals surface area contributed by atoms with E-state index < -0.39 is 18.5 Å². The van der Waals surface area contributed by atoms with E-state index in [2.05, 4.69) is 27.2 Å². The predicted octanol–water partition coefficient (Wildman–Crippen LogP) is 5.48. The lowest BCUT2D eigenvalue weighted by Gasteiger charge is -2.15. The zero-order valence-electron chi connectivity index (χ0n) is 18.0. The van der Waals surface area contributed by atoms with Crippen molar-refractivity contribution < 1.29 is 8.78 Å². The molecule has 174 valence electrons. The monoisotopic (exact) mass is 500 g/mol. The molecule has 3 aromatic heterocycles. The Morgan fingerprint density at radius 3 is 2.68 bits per heavy atom. The van der Waals surface area contributed by atoms with E-state index in [4.69, 9.17) is 11.6 Å². The maximum Gasteiger partial charge on any atom is 0.300 e. The summed E-state index contributed by atoms with van der Waals surface area (Å²) < 4.78 is 30.0. The number of nitrogens with zero attached hydrogens (tertiary/aromatic N) is 5. The van der Waals surface area contributed by atoms with Crippen LogP contribution in [0.1, 0.15) is 17.5 Å². The zero-order chi connectivity index (χ0) is 23.8. The highest BCUT2D eigenvalue weighted by molar-refractivity contribution is 7.18. The first-order valence-electron chi connectivity index (χ1n) is 10.6. The fourth-order valence-corrected chi connectivity index (χ4v) is 4.80. The van der Waals surface area contributed by atoms with E-state index in [1.165, 1.54) is 6.33 Å². The SMILES string of the molecule is CCc1nc2ccc(Nc3nc(=O)c4c(ncn4CC(F)F)n3Cc3ccc(Cl)cc3)cc2s1. The molecule has 2 aromatic carbocycles. The van der Waals surface area contributed by atoms with Gasteiger partial charge in [-0.2, -0.15) is 4.98 Å². The first-order valence-corrected chi connectivity index (χ1v) is 11.8. The number of rotatable bonds is 7. The minimum Gasteiger partial charge on any atom is -0.325 e. The number of alkyl halides is 2. The number of fused-ring (bicyclic) bond motifs is 2. The average molecular weight is 501 g/mol. The molecule has 7 nitrogen and oxygen atoms in total. The van der Waals surface area contributed by atoms with Crippen LogP contribution in [0.4, 0.5) is 20.4 Å². The molecule has 0 atom stereocenters. The molecule has 3 heterocycles. The van der Waals surface area contributed by atoms with Gasteiger partial charge in [0.1, 0.15) is 0 Å². The standard InChI is InChI=1S/C23H19ClF2N6OS/c1-2-19-29-16-8-7-15(9-17(16)34-19)28-23-30-22(33)20-21(27-12-31(20)11-18(25)26)32(23)10-13-3-5-14(24)6-4-13/h3-9,12,18H,2,10-11H2,1H3,(H,28,30,33). The number of hydrogen-bond acceptors (Lipinski definition) is 6. The molecule has 0 aliphatic heterocycles. The fourth-order valence-electron chi connectivity index (χ4n) is 3.73. The van der Waals surface area contributed by atoms with Gasteiger partial charge in [-0.3, -0.25) is 9.36 Å². The molecule has 0 bridgehead atoms. The van der Waals surface area contributed by atoms with E-state index in [0.717, 1.165) is 37.5 Å². The number of aromatic nitrogens is 5. The summed E-state index contributed by atoms with van der Waals surface area (Å²) in [6, 6.07) is 12.9. The molecule has 34 heavy (non-hydrogen) atoms. The second-order valence-electron chi connectivity index (χ2n) is 7.68. The van der Waals surface area contributed by atoms with E-state index in [1.54, 1.807) is 28.0 Å². The number of hydrogen-bond donors (Lipinski definition) is 1. The van der Waals surface area contributed by atoms with Crippen LogP contribution in [-0.4, -0.2) is 30.5 Å². The van der Waals surface area contributed by atoms with Crippen LogP contribution in [0.25, 0.3) is 21.4 Å². The smallest absolute Gasteiger partial charge is 0.300 e. The predicted molar refractivity (Wildman–Crippen MR) is 131 cm³/mol. The van der Waals surface area contributed by atoms with Crippen LogP contribution in [0.2, 0.25) is 5.02 Å². The number of imidazole rings is 1. The Balaban J connectivity index is 1.62. The molecule has 5 aromatic rings. The van der Waals surface area contributed by atoms with E-state index in [1.807, 2.05) is 30.3 Å². The second kappa shape index (κ2) is 9.11. The van der Waals surface area contributed by atoms with Crippen LogP contribution >= 0.6 is 22.9 Å². The van der Waals surface area contributed by atoms with Crippen molar-refractivity contribution in [3.05, 3.63) is 74.7 Å². The molecule has 11 heteroatoms. The molecule has 0 unspecified atom stereocenters. The largest absolute Gasteiger partial charge is 0.325 e. The molecule has 1 N–H and O–H groups in total. The van der Waals surface area contributed by atoms with Crippen LogP contribution in [-0.2, 0) is 19.5 Å². The van der Waals surface area contributed by atoms with Crippen LogP contribution in [0.5, 0.6) is 0 Å². The molecule has 0 saturated heterocycles. The third kappa shape index (κ3) is 4.38. The molecule has 0 aliphatic rings. The minimum atomic E-state index is -2.63. The fraction of sp³-hybridized carbons (Fsp3) is 0.217. The van der Waals surface area contributed by atoms with Crippen molar-refractivity contribution in [3.8, 4) is 0 Å². The Morgan fingerprint density at radius 2 is 1.94 bits per heavy atom. The number of thiazole rings is 1. The summed E-state index contributed by atoms with van der Waals surface area (Å²) in [4.78, 5) is 25.9. The van der Waals surface area contributed by atoms with Crippen LogP contribution in [0.3, 0.4) is 0 Å². The van der Waals surface area contributed by atoms with Gasteiger partial charge in [0.2, 0.25) is 5.95 Å². The van der Waals surface area contributed by atoms with Crippen molar-refractivity contribution in [3.63, 3.8) is 0 Å². The van der Waals surface area contributed by atoms with Gasteiger partial charge in [-0.05, 0) is 42.3 Å². The summed E-state index contributed by atoms with van der Waals surface area (Å²) in [7, 11) is 0. The second-order valence-corrected chi connectivity index (χ2v) is 9.23. The van der Waals surface area contributed by atoms with E-state index >= 15 is 0 Å². The van der Waals surface area contributed by atoms with Gasteiger partial charge in [0.05, 0.1) is 34.6 Å². The molecule has 5 rings (SSSR count). The van der Waals surface area contributed by atoms with Crippen molar-refractivity contribution in [1.82, 2.24) is 24.1 Å². The highest BCUT2D eigenvalue weighted by atomic mass is 35.5.